The molecule has 1 aliphatic heterocycles. The van der Waals surface area contributed by atoms with E-state index in [4.69, 9.17) is 17.3 Å². The summed E-state index contributed by atoms with van der Waals surface area (Å²) < 4.78 is 0. The van der Waals surface area contributed by atoms with Gasteiger partial charge >= 0.3 is 0 Å². The number of carbonyl (C=O) groups excluding carboxylic acids is 1. The largest absolute Gasteiger partial charge is 0.369 e. The van der Waals surface area contributed by atoms with Crippen LogP contribution in [0.2, 0.25) is 5.02 Å². The SMILES string of the molecule is CCN(c1cc(Cl)cc(C(=O)NCC2=C(C)CC(C)=NC2)c1C)C1CCC(N)CC1. The Kier molecular flexibility index (Phi) is 7.59. The number of nitrogens with zero attached hydrogens (tertiary/aromatic N) is 2. The van der Waals surface area contributed by atoms with Crippen molar-refractivity contribution in [2.75, 3.05) is 24.5 Å². The Balaban J connectivity index is 1.78. The van der Waals surface area contributed by atoms with Gasteiger partial charge in [-0.3, -0.25) is 9.79 Å². The molecule has 1 heterocycles. The first-order valence-electron chi connectivity index (χ1n) is 11.1. The molecule has 0 radical (unpaired) electrons. The number of nitrogens with one attached hydrogen (secondary N) is 1. The summed E-state index contributed by atoms with van der Waals surface area (Å²) in [6, 6.07) is 4.54. The number of rotatable bonds is 6. The predicted octanol–water partition coefficient (Wildman–Crippen LogP) is 4.66. The van der Waals surface area contributed by atoms with E-state index in [0.29, 0.717) is 35.8 Å². The lowest BCUT2D eigenvalue weighted by molar-refractivity contribution is 0.0956. The van der Waals surface area contributed by atoms with E-state index in [1.165, 1.54) is 11.1 Å². The third-order valence-electron chi connectivity index (χ3n) is 6.55. The third-order valence-corrected chi connectivity index (χ3v) is 6.77. The van der Waals surface area contributed by atoms with Crippen molar-refractivity contribution in [3.05, 3.63) is 39.4 Å². The van der Waals surface area contributed by atoms with Crippen molar-refractivity contribution in [2.24, 2.45) is 10.7 Å². The summed E-state index contributed by atoms with van der Waals surface area (Å²) in [5.74, 6) is -0.0791. The molecule has 3 rings (SSSR count). The molecular formula is C24H35ClN4O. The molecule has 1 fully saturated rings. The number of hydrogen-bond acceptors (Lipinski definition) is 4. The highest BCUT2D eigenvalue weighted by Crippen LogP contribution is 2.33. The number of benzene rings is 1. The minimum Gasteiger partial charge on any atom is -0.369 e. The smallest absolute Gasteiger partial charge is 0.251 e. The van der Waals surface area contributed by atoms with Crippen LogP contribution in [0.4, 0.5) is 5.69 Å². The molecule has 2 aliphatic rings. The highest BCUT2D eigenvalue weighted by atomic mass is 35.5. The van der Waals surface area contributed by atoms with E-state index in [2.05, 4.69) is 36.0 Å². The van der Waals surface area contributed by atoms with Crippen LogP contribution in [0.15, 0.2) is 28.3 Å². The van der Waals surface area contributed by atoms with Gasteiger partial charge in [0.25, 0.3) is 5.91 Å². The summed E-state index contributed by atoms with van der Waals surface area (Å²) in [5.41, 5.74) is 12.5. The summed E-state index contributed by atoms with van der Waals surface area (Å²) >= 11 is 6.46. The van der Waals surface area contributed by atoms with Gasteiger partial charge < -0.3 is 16.0 Å². The molecule has 0 unspecified atom stereocenters. The Morgan fingerprint density at radius 1 is 1.23 bits per heavy atom. The van der Waals surface area contributed by atoms with Crippen LogP contribution in [0, 0.1) is 6.92 Å². The number of anilines is 1. The number of dihydropyridines is 1. The van der Waals surface area contributed by atoms with E-state index in [1.807, 2.05) is 13.0 Å². The molecule has 1 aliphatic carbocycles. The van der Waals surface area contributed by atoms with Gasteiger partial charge in [-0.2, -0.15) is 0 Å². The number of carbonyl (C=O) groups is 1. The summed E-state index contributed by atoms with van der Waals surface area (Å²) in [6.45, 7) is 10.4. The van der Waals surface area contributed by atoms with Gasteiger partial charge in [0.1, 0.15) is 0 Å². The lowest BCUT2D eigenvalue weighted by atomic mass is 9.90. The average Bonchev–Trinajstić information content (AvgIpc) is 2.71. The Morgan fingerprint density at radius 3 is 2.57 bits per heavy atom. The zero-order valence-electron chi connectivity index (χ0n) is 18.7. The molecule has 0 bridgehead atoms. The molecule has 1 aromatic rings. The van der Waals surface area contributed by atoms with Crippen LogP contribution in [-0.2, 0) is 0 Å². The van der Waals surface area contributed by atoms with Crippen molar-refractivity contribution < 1.29 is 4.79 Å². The van der Waals surface area contributed by atoms with E-state index in [9.17, 15) is 4.79 Å². The first kappa shape index (κ1) is 22.8. The van der Waals surface area contributed by atoms with E-state index in [-0.39, 0.29) is 5.91 Å². The predicted molar refractivity (Wildman–Crippen MR) is 127 cm³/mol. The van der Waals surface area contributed by atoms with E-state index >= 15 is 0 Å². The maximum atomic E-state index is 13.1. The van der Waals surface area contributed by atoms with Gasteiger partial charge in [0.05, 0.1) is 6.54 Å². The van der Waals surface area contributed by atoms with Crippen molar-refractivity contribution in [3.8, 4) is 0 Å². The fourth-order valence-electron chi connectivity index (χ4n) is 4.66. The maximum Gasteiger partial charge on any atom is 0.251 e. The minimum atomic E-state index is -0.0791. The van der Waals surface area contributed by atoms with Crippen LogP contribution in [0.5, 0.6) is 0 Å². The van der Waals surface area contributed by atoms with Gasteiger partial charge in [-0.1, -0.05) is 17.2 Å². The molecule has 3 N–H and O–H groups in total. The topological polar surface area (TPSA) is 70.7 Å². The molecule has 0 aromatic heterocycles. The fraction of sp³-hybridized carbons (Fsp3) is 0.583. The second kappa shape index (κ2) is 9.97. The van der Waals surface area contributed by atoms with Crippen molar-refractivity contribution in [2.45, 2.75) is 71.9 Å². The number of allylic oxidation sites excluding steroid dienone is 1. The maximum absolute atomic E-state index is 13.1. The molecule has 6 heteroatoms. The minimum absolute atomic E-state index is 0.0791. The molecule has 1 aromatic carbocycles. The molecular weight excluding hydrogens is 396 g/mol. The Hall–Kier alpha value is -1.85. The number of hydrogen-bond donors (Lipinski definition) is 2. The summed E-state index contributed by atoms with van der Waals surface area (Å²) in [5, 5.41) is 3.69. The van der Waals surface area contributed by atoms with Crippen LogP contribution in [0.25, 0.3) is 0 Å². The van der Waals surface area contributed by atoms with Gasteiger partial charge in [0.15, 0.2) is 0 Å². The lowest BCUT2D eigenvalue weighted by Gasteiger charge is -2.38. The number of halogens is 1. The Labute approximate surface area is 185 Å². The van der Waals surface area contributed by atoms with Gasteiger partial charge in [0, 0.05) is 53.6 Å². The molecule has 0 atom stereocenters. The number of nitrogens with two attached hydrogens (primary N) is 1. The van der Waals surface area contributed by atoms with Crippen LogP contribution in [0.1, 0.15) is 68.8 Å². The van der Waals surface area contributed by atoms with Gasteiger partial charge in [-0.15, -0.1) is 0 Å². The summed E-state index contributed by atoms with van der Waals surface area (Å²) in [7, 11) is 0. The molecule has 30 heavy (non-hydrogen) atoms. The number of amides is 1. The van der Waals surface area contributed by atoms with Crippen molar-refractivity contribution in [3.63, 3.8) is 0 Å². The highest BCUT2D eigenvalue weighted by Gasteiger charge is 2.26. The van der Waals surface area contributed by atoms with Gasteiger partial charge in [-0.25, -0.2) is 0 Å². The van der Waals surface area contributed by atoms with Crippen LogP contribution in [-0.4, -0.2) is 43.3 Å². The zero-order chi connectivity index (χ0) is 21.8. The van der Waals surface area contributed by atoms with Gasteiger partial charge in [0.2, 0.25) is 0 Å². The van der Waals surface area contributed by atoms with Crippen molar-refractivity contribution in [1.82, 2.24) is 5.32 Å². The second-order valence-corrected chi connectivity index (χ2v) is 9.18. The van der Waals surface area contributed by atoms with E-state index < -0.39 is 0 Å². The molecule has 5 nitrogen and oxygen atoms in total. The standard InChI is InChI=1S/C24H35ClN4O/c1-5-29(21-8-6-20(26)7-9-21)23-12-19(25)11-22(17(23)4)24(30)28-14-18-13-27-16(3)10-15(18)2/h11-12,20-21H,5-10,13-14,26H2,1-4H3,(H,28,30). The molecule has 1 saturated carbocycles. The zero-order valence-corrected chi connectivity index (χ0v) is 19.5. The summed E-state index contributed by atoms with van der Waals surface area (Å²) in [6.07, 6.45) is 5.14. The van der Waals surface area contributed by atoms with E-state index in [0.717, 1.165) is 55.6 Å². The Morgan fingerprint density at radius 2 is 1.93 bits per heavy atom. The van der Waals surface area contributed by atoms with Crippen LogP contribution >= 0.6 is 11.6 Å². The monoisotopic (exact) mass is 430 g/mol. The third kappa shape index (κ3) is 5.25. The highest BCUT2D eigenvalue weighted by molar-refractivity contribution is 6.31. The summed E-state index contributed by atoms with van der Waals surface area (Å²) in [4.78, 5) is 20.0. The molecule has 164 valence electrons. The first-order chi connectivity index (χ1) is 14.3. The van der Waals surface area contributed by atoms with Crippen LogP contribution < -0.4 is 16.0 Å². The normalized spacial score (nSPS) is 22.0. The molecule has 0 saturated heterocycles. The van der Waals surface area contributed by atoms with Gasteiger partial charge in [-0.05, 0) is 76.6 Å². The fourth-order valence-corrected chi connectivity index (χ4v) is 4.87. The lowest BCUT2D eigenvalue weighted by Crippen LogP contribution is -2.41. The van der Waals surface area contributed by atoms with Crippen molar-refractivity contribution in [1.29, 1.82) is 0 Å². The molecule has 1 amide bonds. The quantitative estimate of drug-likeness (QED) is 0.645. The van der Waals surface area contributed by atoms with E-state index in [1.54, 1.807) is 6.07 Å². The second-order valence-electron chi connectivity index (χ2n) is 8.75. The number of aliphatic imine (C=N–C) groups is 1. The average molecular weight is 431 g/mol. The molecule has 0 spiro atoms. The Bertz CT molecular complexity index is 853. The van der Waals surface area contributed by atoms with Crippen molar-refractivity contribution >= 4 is 28.9 Å². The first-order valence-corrected chi connectivity index (χ1v) is 11.5. The van der Waals surface area contributed by atoms with Crippen LogP contribution in [0.3, 0.4) is 0 Å².